The van der Waals surface area contributed by atoms with Crippen molar-refractivity contribution in [3.8, 4) is 5.75 Å². The number of nitrogens with zero attached hydrogens (tertiary/aromatic N) is 1. The number of methoxy groups -OCH3 is 1. The van der Waals surface area contributed by atoms with Gasteiger partial charge in [0.2, 0.25) is 10.0 Å². The summed E-state index contributed by atoms with van der Waals surface area (Å²) in [5.41, 5.74) is 2.99. The van der Waals surface area contributed by atoms with Gasteiger partial charge in [0.25, 0.3) is 0 Å². The number of hydrogen-bond donors (Lipinski definition) is 1. The van der Waals surface area contributed by atoms with Crippen molar-refractivity contribution in [2.45, 2.75) is 11.3 Å². The molecule has 0 amide bonds. The predicted octanol–water partition coefficient (Wildman–Crippen LogP) is 3.93. The van der Waals surface area contributed by atoms with Gasteiger partial charge in [0.15, 0.2) is 11.6 Å². The average Bonchev–Trinajstić information content (AvgIpc) is 3.13. The number of sulfonamides is 1. The molecular formula is C20H18F2N2O3S. The van der Waals surface area contributed by atoms with Gasteiger partial charge in [-0.3, -0.25) is 0 Å². The van der Waals surface area contributed by atoms with Gasteiger partial charge in [-0.2, -0.15) is 4.31 Å². The quantitative estimate of drug-likeness (QED) is 0.717. The second kappa shape index (κ2) is 7.03. The highest BCUT2D eigenvalue weighted by molar-refractivity contribution is 7.89. The lowest BCUT2D eigenvalue weighted by Crippen LogP contribution is -2.34. The number of halogens is 2. The van der Waals surface area contributed by atoms with E-state index < -0.39 is 21.7 Å². The van der Waals surface area contributed by atoms with Crippen molar-refractivity contribution in [1.82, 2.24) is 9.29 Å². The fraction of sp³-hybridized carbons (Fsp3) is 0.200. The van der Waals surface area contributed by atoms with Gasteiger partial charge in [-0.1, -0.05) is 6.08 Å². The Morgan fingerprint density at radius 2 is 1.93 bits per heavy atom. The molecule has 146 valence electrons. The highest BCUT2D eigenvalue weighted by Gasteiger charge is 2.27. The summed E-state index contributed by atoms with van der Waals surface area (Å²) in [6.07, 6.45) is 4.26. The Hall–Kier alpha value is -2.71. The van der Waals surface area contributed by atoms with Gasteiger partial charge in [-0.25, -0.2) is 17.2 Å². The Morgan fingerprint density at radius 3 is 2.61 bits per heavy atom. The minimum atomic E-state index is -3.89. The summed E-state index contributed by atoms with van der Waals surface area (Å²) in [7, 11) is -2.29. The lowest BCUT2D eigenvalue weighted by Gasteiger charge is -2.26. The fourth-order valence-electron chi connectivity index (χ4n) is 3.39. The van der Waals surface area contributed by atoms with Crippen LogP contribution in [0.5, 0.6) is 5.75 Å². The van der Waals surface area contributed by atoms with Gasteiger partial charge in [0.05, 0.1) is 12.0 Å². The molecule has 0 radical (unpaired) electrons. The van der Waals surface area contributed by atoms with E-state index in [-0.39, 0.29) is 18.0 Å². The van der Waals surface area contributed by atoms with E-state index in [4.69, 9.17) is 4.74 Å². The molecule has 0 aliphatic carbocycles. The molecule has 1 aliphatic heterocycles. The average molecular weight is 404 g/mol. The molecule has 0 spiro atoms. The van der Waals surface area contributed by atoms with E-state index in [1.165, 1.54) is 4.31 Å². The molecule has 1 N–H and O–H groups in total. The van der Waals surface area contributed by atoms with Crippen LogP contribution in [0.4, 0.5) is 8.78 Å². The van der Waals surface area contributed by atoms with Crippen molar-refractivity contribution >= 4 is 26.5 Å². The molecule has 0 saturated carbocycles. The predicted molar refractivity (Wildman–Crippen MR) is 103 cm³/mol. The second-order valence-electron chi connectivity index (χ2n) is 6.53. The molecule has 0 fully saturated rings. The highest BCUT2D eigenvalue weighted by atomic mass is 32.2. The van der Waals surface area contributed by atoms with Crippen LogP contribution in [0.15, 0.2) is 53.6 Å². The minimum Gasteiger partial charge on any atom is -0.497 e. The molecule has 0 saturated heterocycles. The Labute approximate surface area is 161 Å². The van der Waals surface area contributed by atoms with E-state index in [0.717, 1.165) is 46.0 Å². The Morgan fingerprint density at radius 1 is 1.11 bits per heavy atom. The van der Waals surface area contributed by atoms with Crippen molar-refractivity contribution in [2.24, 2.45) is 0 Å². The van der Waals surface area contributed by atoms with E-state index in [0.29, 0.717) is 6.42 Å². The summed E-state index contributed by atoms with van der Waals surface area (Å²) in [5, 5.41) is 1.00. The molecule has 0 atom stereocenters. The number of ether oxygens (including phenoxy) is 1. The van der Waals surface area contributed by atoms with Crippen LogP contribution in [0.3, 0.4) is 0 Å². The van der Waals surface area contributed by atoms with Crippen LogP contribution >= 0.6 is 0 Å². The third-order valence-electron chi connectivity index (χ3n) is 4.94. The number of rotatable bonds is 4. The zero-order valence-corrected chi connectivity index (χ0v) is 15.9. The van der Waals surface area contributed by atoms with E-state index in [1.807, 2.05) is 30.5 Å². The van der Waals surface area contributed by atoms with Crippen LogP contribution in [0.2, 0.25) is 0 Å². The molecule has 3 aromatic rings. The maximum atomic E-state index is 13.5. The highest BCUT2D eigenvalue weighted by Crippen LogP contribution is 2.32. The Kier molecular flexibility index (Phi) is 4.68. The first kappa shape index (κ1) is 18.6. The number of nitrogens with one attached hydrogen (secondary N) is 1. The summed E-state index contributed by atoms with van der Waals surface area (Å²) in [4.78, 5) is 2.96. The number of aromatic amines is 1. The van der Waals surface area contributed by atoms with Crippen molar-refractivity contribution < 1.29 is 21.9 Å². The fourth-order valence-corrected chi connectivity index (χ4v) is 4.79. The Balaban J connectivity index is 1.62. The molecule has 28 heavy (non-hydrogen) atoms. The van der Waals surface area contributed by atoms with Gasteiger partial charge in [-0.05, 0) is 48.4 Å². The molecule has 0 bridgehead atoms. The van der Waals surface area contributed by atoms with Gasteiger partial charge in [0.1, 0.15) is 5.75 Å². The number of aromatic nitrogens is 1. The summed E-state index contributed by atoms with van der Waals surface area (Å²) in [6.45, 7) is 0.414. The molecule has 1 aromatic heterocycles. The third-order valence-corrected chi connectivity index (χ3v) is 6.80. The van der Waals surface area contributed by atoms with Gasteiger partial charge >= 0.3 is 0 Å². The molecule has 4 rings (SSSR count). The van der Waals surface area contributed by atoms with Crippen LogP contribution in [0, 0.1) is 11.6 Å². The first-order chi connectivity index (χ1) is 13.4. The van der Waals surface area contributed by atoms with E-state index in [9.17, 15) is 17.2 Å². The van der Waals surface area contributed by atoms with Gasteiger partial charge in [0, 0.05) is 35.8 Å². The van der Waals surface area contributed by atoms with Crippen LogP contribution < -0.4 is 4.74 Å². The van der Waals surface area contributed by atoms with Crippen molar-refractivity contribution in [2.75, 3.05) is 20.2 Å². The number of fused-ring (bicyclic) bond motifs is 1. The lowest BCUT2D eigenvalue weighted by atomic mass is 9.99. The maximum absolute atomic E-state index is 13.5. The largest absolute Gasteiger partial charge is 0.497 e. The Bertz CT molecular complexity index is 1190. The molecule has 2 aromatic carbocycles. The minimum absolute atomic E-state index is 0.160. The molecule has 1 aliphatic rings. The first-order valence-corrected chi connectivity index (χ1v) is 10.1. The number of H-pyrrole nitrogens is 1. The standard InChI is InChI=1S/C20H18F2N2O3S/c1-27-14-2-5-20-16(10-14)17(12-23-20)13-6-8-24(9-7-13)28(25,26)15-3-4-18(21)19(22)11-15/h2-6,10-12,23H,7-9H2,1H3. The number of benzene rings is 2. The molecule has 2 heterocycles. The SMILES string of the molecule is COc1ccc2[nH]cc(C3=CCN(S(=O)(=O)c4ccc(F)c(F)c4)CC3)c2c1. The van der Waals surface area contributed by atoms with E-state index in [1.54, 1.807) is 7.11 Å². The summed E-state index contributed by atoms with van der Waals surface area (Å²) in [6, 6.07) is 8.36. The monoisotopic (exact) mass is 404 g/mol. The van der Waals surface area contributed by atoms with Crippen molar-refractivity contribution in [3.05, 3.63) is 65.9 Å². The lowest BCUT2D eigenvalue weighted by molar-refractivity contribution is 0.415. The van der Waals surface area contributed by atoms with Crippen LogP contribution in [0.25, 0.3) is 16.5 Å². The smallest absolute Gasteiger partial charge is 0.243 e. The molecule has 0 unspecified atom stereocenters. The van der Waals surface area contributed by atoms with Gasteiger partial charge < -0.3 is 9.72 Å². The van der Waals surface area contributed by atoms with Crippen LogP contribution in [-0.4, -0.2) is 37.9 Å². The van der Waals surface area contributed by atoms with Crippen molar-refractivity contribution in [1.29, 1.82) is 0 Å². The summed E-state index contributed by atoms with van der Waals surface area (Å²) < 4.78 is 58.6. The van der Waals surface area contributed by atoms with E-state index in [2.05, 4.69) is 4.98 Å². The first-order valence-electron chi connectivity index (χ1n) is 8.70. The maximum Gasteiger partial charge on any atom is 0.243 e. The molecular weight excluding hydrogens is 386 g/mol. The van der Waals surface area contributed by atoms with Crippen LogP contribution in [0.1, 0.15) is 12.0 Å². The summed E-state index contributed by atoms with van der Waals surface area (Å²) >= 11 is 0. The van der Waals surface area contributed by atoms with E-state index >= 15 is 0 Å². The van der Waals surface area contributed by atoms with Gasteiger partial charge in [-0.15, -0.1) is 0 Å². The number of hydrogen-bond acceptors (Lipinski definition) is 3. The molecule has 8 heteroatoms. The van der Waals surface area contributed by atoms with Crippen molar-refractivity contribution in [3.63, 3.8) is 0 Å². The summed E-state index contributed by atoms with van der Waals surface area (Å²) in [5.74, 6) is -1.51. The topological polar surface area (TPSA) is 62.4 Å². The normalized spacial score (nSPS) is 15.6. The zero-order chi connectivity index (χ0) is 19.9. The zero-order valence-electron chi connectivity index (χ0n) is 15.1. The third kappa shape index (κ3) is 3.18. The second-order valence-corrected chi connectivity index (χ2v) is 8.47. The molecule has 5 nitrogen and oxygen atoms in total. The van der Waals surface area contributed by atoms with Crippen LogP contribution in [-0.2, 0) is 10.0 Å².